The van der Waals surface area contributed by atoms with Crippen molar-refractivity contribution in [2.24, 2.45) is 0 Å². The maximum atomic E-state index is 12.9. The third-order valence-electron chi connectivity index (χ3n) is 4.00. The quantitative estimate of drug-likeness (QED) is 0.563. The average Bonchev–Trinajstić information content (AvgIpc) is 2.67. The fourth-order valence-corrected chi connectivity index (χ4v) is 3.10. The van der Waals surface area contributed by atoms with Gasteiger partial charge in [-0.25, -0.2) is 9.69 Å². The maximum Gasteiger partial charge on any atom is 0.335 e. The van der Waals surface area contributed by atoms with Crippen molar-refractivity contribution >= 4 is 45.5 Å². The number of barbiturate groups is 1. The van der Waals surface area contributed by atoms with Crippen molar-refractivity contribution in [3.05, 3.63) is 58.1 Å². The third kappa shape index (κ3) is 3.91. The SMILES string of the molecule is CCOc1ccc(N2C(=O)NC(=O)C(=Cc3cc(Br)ccc3OC)C2=O)cc1. The second-order valence-electron chi connectivity index (χ2n) is 5.77. The van der Waals surface area contributed by atoms with E-state index in [0.29, 0.717) is 29.4 Å². The van der Waals surface area contributed by atoms with Gasteiger partial charge in [0.1, 0.15) is 17.1 Å². The van der Waals surface area contributed by atoms with E-state index in [1.54, 1.807) is 42.5 Å². The Labute approximate surface area is 170 Å². The van der Waals surface area contributed by atoms with Crippen molar-refractivity contribution in [1.82, 2.24) is 5.32 Å². The molecule has 28 heavy (non-hydrogen) atoms. The molecule has 1 heterocycles. The lowest BCUT2D eigenvalue weighted by Gasteiger charge is -2.26. The fourth-order valence-electron chi connectivity index (χ4n) is 2.72. The van der Waals surface area contributed by atoms with Crippen LogP contribution in [0.25, 0.3) is 6.08 Å². The van der Waals surface area contributed by atoms with Gasteiger partial charge in [-0.3, -0.25) is 14.9 Å². The molecule has 3 rings (SSSR count). The van der Waals surface area contributed by atoms with E-state index in [1.807, 2.05) is 6.92 Å². The first-order chi connectivity index (χ1) is 13.4. The summed E-state index contributed by atoms with van der Waals surface area (Å²) in [5, 5.41) is 2.20. The Morgan fingerprint density at radius 1 is 1.11 bits per heavy atom. The Balaban J connectivity index is 1.99. The molecule has 1 N–H and O–H groups in total. The molecule has 0 aliphatic carbocycles. The summed E-state index contributed by atoms with van der Waals surface area (Å²) in [5.41, 5.74) is 0.673. The van der Waals surface area contributed by atoms with E-state index in [2.05, 4.69) is 21.2 Å². The van der Waals surface area contributed by atoms with Gasteiger partial charge in [0, 0.05) is 10.0 Å². The normalized spacial score (nSPS) is 15.6. The number of carbonyl (C=O) groups excluding carboxylic acids is 3. The van der Waals surface area contributed by atoms with E-state index in [-0.39, 0.29) is 5.57 Å². The summed E-state index contributed by atoms with van der Waals surface area (Å²) in [7, 11) is 1.49. The van der Waals surface area contributed by atoms with Crippen molar-refractivity contribution in [3.8, 4) is 11.5 Å². The number of hydrogen-bond donors (Lipinski definition) is 1. The topological polar surface area (TPSA) is 84.9 Å². The number of urea groups is 1. The number of amides is 4. The molecule has 2 aromatic rings. The minimum Gasteiger partial charge on any atom is -0.496 e. The maximum absolute atomic E-state index is 12.9. The molecule has 1 aliphatic rings. The lowest BCUT2D eigenvalue weighted by molar-refractivity contribution is -0.122. The van der Waals surface area contributed by atoms with Crippen molar-refractivity contribution in [2.45, 2.75) is 6.92 Å². The molecule has 4 amide bonds. The van der Waals surface area contributed by atoms with E-state index in [4.69, 9.17) is 9.47 Å². The zero-order valence-electron chi connectivity index (χ0n) is 15.2. The van der Waals surface area contributed by atoms with Crippen LogP contribution in [0.2, 0.25) is 0 Å². The minimum atomic E-state index is -0.808. The van der Waals surface area contributed by atoms with Gasteiger partial charge in [0.25, 0.3) is 11.8 Å². The molecule has 0 aromatic heterocycles. The van der Waals surface area contributed by atoms with Gasteiger partial charge < -0.3 is 9.47 Å². The Morgan fingerprint density at radius 3 is 2.46 bits per heavy atom. The van der Waals surface area contributed by atoms with Crippen LogP contribution < -0.4 is 19.7 Å². The van der Waals surface area contributed by atoms with Crippen LogP contribution in [0.15, 0.2) is 52.5 Å². The molecule has 0 spiro atoms. The highest BCUT2D eigenvalue weighted by molar-refractivity contribution is 9.10. The molecule has 0 radical (unpaired) electrons. The van der Waals surface area contributed by atoms with Gasteiger partial charge in [-0.15, -0.1) is 0 Å². The zero-order valence-corrected chi connectivity index (χ0v) is 16.8. The van der Waals surface area contributed by atoms with Crippen molar-refractivity contribution in [3.63, 3.8) is 0 Å². The second-order valence-corrected chi connectivity index (χ2v) is 6.69. The van der Waals surface area contributed by atoms with Gasteiger partial charge in [0.2, 0.25) is 0 Å². The predicted molar refractivity (Wildman–Crippen MR) is 107 cm³/mol. The van der Waals surface area contributed by atoms with Crippen LogP contribution >= 0.6 is 15.9 Å². The van der Waals surface area contributed by atoms with Crippen molar-refractivity contribution in [1.29, 1.82) is 0 Å². The summed E-state index contributed by atoms with van der Waals surface area (Å²) < 4.78 is 11.4. The molecule has 1 saturated heterocycles. The Bertz CT molecular complexity index is 969. The van der Waals surface area contributed by atoms with E-state index in [1.165, 1.54) is 13.2 Å². The standard InChI is InChI=1S/C20H17BrN2O5/c1-3-28-15-7-5-14(6-8-15)23-19(25)16(18(24)22-20(23)26)11-12-10-13(21)4-9-17(12)27-2/h4-11H,3H2,1-2H3,(H,22,24,26). The zero-order chi connectivity index (χ0) is 20.3. The number of rotatable bonds is 5. The molecule has 0 saturated carbocycles. The molecule has 0 bridgehead atoms. The summed E-state index contributed by atoms with van der Waals surface area (Å²) in [4.78, 5) is 38.4. The number of anilines is 1. The number of carbonyl (C=O) groups is 3. The Morgan fingerprint density at radius 2 is 1.82 bits per heavy atom. The van der Waals surface area contributed by atoms with E-state index in [0.717, 1.165) is 9.37 Å². The highest BCUT2D eigenvalue weighted by Gasteiger charge is 2.37. The average molecular weight is 445 g/mol. The molecular formula is C20H17BrN2O5. The highest BCUT2D eigenvalue weighted by Crippen LogP contribution is 2.28. The monoisotopic (exact) mass is 444 g/mol. The van der Waals surface area contributed by atoms with E-state index in [9.17, 15) is 14.4 Å². The van der Waals surface area contributed by atoms with Crippen LogP contribution in [0.1, 0.15) is 12.5 Å². The molecule has 8 heteroatoms. The Hall–Kier alpha value is -3.13. The first kappa shape index (κ1) is 19.6. The summed E-state index contributed by atoms with van der Waals surface area (Å²) in [6.45, 7) is 2.35. The van der Waals surface area contributed by atoms with Crippen LogP contribution in [-0.2, 0) is 9.59 Å². The number of methoxy groups -OCH3 is 1. The molecule has 1 fully saturated rings. The summed E-state index contributed by atoms with van der Waals surface area (Å²) in [5.74, 6) is -0.387. The van der Waals surface area contributed by atoms with Crippen molar-refractivity contribution < 1.29 is 23.9 Å². The van der Waals surface area contributed by atoms with Gasteiger partial charge >= 0.3 is 6.03 Å². The molecule has 2 aromatic carbocycles. The molecular weight excluding hydrogens is 428 g/mol. The number of ether oxygens (including phenoxy) is 2. The number of nitrogens with one attached hydrogen (secondary N) is 1. The van der Waals surface area contributed by atoms with Gasteiger partial charge in [0.15, 0.2) is 0 Å². The fraction of sp³-hybridized carbons (Fsp3) is 0.150. The smallest absolute Gasteiger partial charge is 0.335 e. The largest absolute Gasteiger partial charge is 0.496 e. The summed E-state index contributed by atoms with van der Waals surface area (Å²) in [6, 6.07) is 10.8. The van der Waals surface area contributed by atoms with E-state index >= 15 is 0 Å². The molecule has 0 atom stereocenters. The summed E-state index contributed by atoms with van der Waals surface area (Å²) in [6.07, 6.45) is 1.40. The highest BCUT2D eigenvalue weighted by atomic mass is 79.9. The van der Waals surface area contributed by atoms with Crippen LogP contribution in [0, 0.1) is 0 Å². The number of imide groups is 2. The Kier molecular flexibility index (Phi) is 5.79. The molecule has 7 nitrogen and oxygen atoms in total. The van der Waals surface area contributed by atoms with Crippen molar-refractivity contribution in [2.75, 3.05) is 18.6 Å². The molecule has 1 aliphatic heterocycles. The van der Waals surface area contributed by atoms with Gasteiger partial charge in [-0.05, 0) is 55.5 Å². The predicted octanol–water partition coefficient (Wildman–Crippen LogP) is 3.52. The van der Waals surface area contributed by atoms with Crippen LogP contribution in [0.3, 0.4) is 0 Å². The summed E-state index contributed by atoms with van der Waals surface area (Å²) >= 11 is 3.35. The number of hydrogen-bond acceptors (Lipinski definition) is 5. The third-order valence-corrected chi connectivity index (χ3v) is 4.49. The number of benzene rings is 2. The second kappa shape index (κ2) is 8.26. The lowest BCUT2D eigenvalue weighted by Crippen LogP contribution is -2.54. The van der Waals surface area contributed by atoms with E-state index < -0.39 is 17.8 Å². The molecule has 144 valence electrons. The lowest BCUT2D eigenvalue weighted by atomic mass is 10.1. The van der Waals surface area contributed by atoms with Crippen LogP contribution in [0.5, 0.6) is 11.5 Å². The van der Waals surface area contributed by atoms with Crippen LogP contribution in [-0.4, -0.2) is 31.6 Å². The molecule has 0 unspecified atom stereocenters. The number of nitrogens with zero attached hydrogens (tertiary/aromatic N) is 1. The number of halogens is 1. The van der Waals surface area contributed by atoms with Gasteiger partial charge in [-0.2, -0.15) is 0 Å². The van der Waals surface area contributed by atoms with Gasteiger partial charge in [0.05, 0.1) is 19.4 Å². The first-order valence-corrected chi connectivity index (χ1v) is 9.21. The minimum absolute atomic E-state index is 0.176. The first-order valence-electron chi connectivity index (χ1n) is 8.42. The van der Waals surface area contributed by atoms with Gasteiger partial charge in [-0.1, -0.05) is 15.9 Å². The van der Waals surface area contributed by atoms with Crippen LogP contribution in [0.4, 0.5) is 10.5 Å².